The minimum absolute atomic E-state index is 0.112. The van der Waals surface area contributed by atoms with Crippen molar-refractivity contribution in [2.45, 2.75) is 29.6 Å². The second kappa shape index (κ2) is 8.65. The summed E-state index contributed by atoms with van der Waals surface area (Å²) in [5.74, 6) is -2.46. The monoisotopic (exact) mass is 489 g/mol. The quantitative estimate of drug-likeness (QED) is 0.671. The van der Waals surface area contributed by atoms with Gasteiger partial charge in [0.2, 0.25) is 10.0 Å². The van der Waals surface area contributed by atoms with Gasteiger partial charge in [0.05, 0.1) is 16.0 Å². The molecule has 2 heterocycles. The molecule has 0 aliphatic carbocycles. The Morgan fingerprint density at radius 2 is 1.70 bits per heavy atom. The van der Waals surface area contributed by atoms with Gasteiger partial charge < -0.3 is 5.32 Å². The van der Waals surface area contributed by atoms with Crippen molar-refractivity contribution < 1.29 is 35.2 Å². The lowest BCUT2D eigenvalue weighted by Crippen LogP contribution is -2.51. The Hall–Kier alpha value is -2.57. The number of piperazine rings is 1. The van der Waals surface area contributed by atoms with Crippen molar-refractivity contribution in [3.8, 4) is 0 Å². The second-order valence-electron chi connectivity index (χ2n) is 8.06. The maximum atomic E-state index is 13.9. The lowest BCUT2D eigenvalue weighted by Gasteiger charge is -2.36. The van der Waals surface area contributed by atoms with Crippen LogP contribution in [-0.4, -0.2) is 61.8 Å². The number of halogens is 5. The van der Waals surface area contributed by atoms with Crippen molar-refractivity contribution in [3.05, 3.63) is 65.2 Å². The molecule has 2 aromatic rings. The summed E-state index contributed by atoms with van der Waals surface area (Å²) in [6.07, 6.45) is -4.15. The van der Waals surface area contributed by atoms with E-state index in [1.807, 2.05) is 4.90 Å². The first kappa shape index (κ1) is 23.6. The molecular formula is C21H20F5N3O3S. The molecule has 6 nitrogen and oxygen atoms in total. The Bertz CT molecular complexity index is 1150. The van der Waals surface area contributed by atoms with Crippen molar-refractivity contribution in [2.24, 2.45) is 0 Å². The topological polar surface area (TPSA) is 69.7 Å². The molecule has 0 unspecified atom stereocenters. The van der Waals surface area contributed by atoms with Crippen LogP contribution in [0.2, 0.25) is 0 Å². The summed E-state index contributed by atoms with van der Waals surface area (Å²) in [4.78, 5) is 14.1. The first-order valence-electron chi connectivity index (χ1n) is 10.1. The fourth-order valence-corrected chi connectivity index (χ4v) is 5.71. The molecule has 33 heavy (non-hydrogen) atoms. The first-order chi connectivity index (χ1) is 15.4. The molecular weight excluding hydrogens is 469 g/mol. The number of amides is 1. The van der Waals surface area contributed by atoms with Gasteiger partial charge in [-0.25, -0.2) is 17.2 Å². The fourth-order valence-electron chi connectivity index (χ4n) is 4.24. The van der Waals surface area contributed by atoms with Crippen LogP contribution in [0.15, 0.2) is 47.4 Å². The van der Waals surface area contributed by atoms with Gasteiger partial charge in [-0.1, -0.05) is 0 Å². The molecule has 0 aromatic heterocycles. The molecule has 2 saturated heterocycles. The van der Waals surface area contributed by atoms with Gasteiger partial charge in [-0.15, -0.1) is 0 Å². The van der Waals surface area contributed by atoms with E-state index in [0.717, 1.165) is 36.4 Å². The first-order valence-corrected chi connectivity index (χ1v) is 11.6. The van der Waals surface area contributed by atoms with Gasteiger partial charge in [0, 0.05) is 44.3 Å². The van der Waals surface area contributed by atoms with Gasteiger partial charge in [-0.05, 0) is 42.8 Å². The fraction of sp³-hybridized carbons (Fsp3) is 0.381. The SMILES string of the molecule is O=C(N[C@H]1C[C@H]2CN(S(=O)(=O)c3ccc(C(F)(F)F)cc3)CCN2C1)c1ccc(F)cc1F. The van der Waals surface area contributed by atoms with Gasteiger partial charge in [0.1, 0.15) is 11.6 Å². The normalized spacial score (nSPS) is 22.2. The molecule has 2 aromatic carbocycles. The highest BCUT2D eigenvalue weighted by atomic mass is 32.2. The lowest BCUT2D eigenvalue weighted by molar-refractivity contribution is -0.137. The summed E-state index contributed by atoms with van der Waals surface area (Å²) in [6.45, 7) is 1.07. The minimum Gasteiger partial charge on any atom is -0.348 e. The van der Waals surface area contributed by atoms with E-state index >= 15 is 0 Å². The molecule has 0 radical (unpaired) electrons. The molecule has 2 aliphatic heterocycles. The standard InChI is InChI=1S/C21H20F5N3O3S/c22-14-3-6-18(19(23)9-14)20(30)27-15-10-16-12-29(8-7-28(16)11-15)33(31,32)17-4-1-13(2-5-17)21(24,25)26/h1-6,9,15-16H,7-8,10-12H2,(H,27,30)/t15-,16-/m0/s1. The number of sulfonamides is 1. The number of nitrogens with zero attached hydrogens (tertiary/aromatic N) is 2. The zero-order valence-corrected chi connectivity index (χ0v) is 18.0. The third kappa shape index (κ3) is 4.87. The van der Waals surface area contributed by atoms with Crippen LogP contribution >= 0.6 is 0 Å². The molecule has 2 atom stereocenters. The number of carbonyl (C=O) groups excluding carboxylic acids is 1. The third-order valence-corrected chi connectivity index (χ3v) is 7.79. The number of alkyl halides is 3. The van der Waals surface area contributed by atoms with Crippen LogP contribution in [0, 0.1) is 11.6 Å². The highest BCUT2D eigenvalue weighted by Gasteiger charge is 2.40. The molecule has 4 rings (SSSR count). The Kier molecular flexibility index (Phi) is 6.18. The molecule has 1 amide bonds. The molecule has 12 heteroatoms. The molecule has 2 fully saturated rings. The van der Waals surface area contributed by atoms with Crippen LogP contribution < -0.4 is 5.32 Å². The van der Waals surface area contributed by atoms with Crippen LogP contribution in [0.5, 0.6) is 0 Å². The van der Waals surface area contributed by atoms with Crippen LogP contribution in [0.25, 0.3) is 0 Å². The molecule has 178 valence electrons. The summed E-state index contributed by atoms with van der Waals surface area (Å²) in [5, 5.41) is 2.70. The zero-order chi connectivity index (χ0) is 24.0. The van der Waals surface area contributed by atoms with Crippen molar-refractivity contribution in [1.29, 1.82) is 0 Å². The molecule has 0 spiro atoms. The Labute approximate surface area is 187 Å². The highest BCUT2D eigenvalue weighted by Crippen LogP contribution is 2.31. The van der Waals surface area contributed by atoms with Gasteiger partial charge in [-0.2, -0.15) is 17.5 Å². The second-order valence-corrected chi connectivity index (χ2v) is 10.0. The Morgan fingerprint density at radius 3 is 2.33 bits per heavy atom. The number of fused-ring (bicyclic) bond motifs is 1. The summed E-state index contributed by atoms with van der Waals surface area (Å²) in [6, 6.07) is 5.44. The van der Waals surface area contributed by atoms with E-state index in [1.54, 1.807) is 0 Å². The minimum atomic E-state index is -4.56. The predicted molar refractivity (Wildman–Crippen MR) is 108 cm³/mol. The van der Waals surface area contributed by atoms with Gasteiger partial charge >= 0.3 is 6.18 Å². The number of rotatable bonds is 4. The van der Waals surface area contributed by atoms with E-state index in [4.69, 9.17) is 0 Å². The van der Waals surface area contributed by atoms with Gasteiger partial charge in [0.25, 0.3) is 5.91 Å². The number of hydrogen-bond acceptors (Lipinski definition) is 4. The highest BCUT2D eigenvalue weighted by molar-refractivity contribution is 7.89. The van der Waals surface area contributed by atoms with E-state index in [9.17, 15) is 35.2 Å². The van der Waals surface area contributed by atoms with Gasteiger partial charge in [-0.3, -0.25) is 9.69 Å². The number of nitrogens with one attached hydrogen (secondary N) is 1. The van der Waals surface area contributed by atoms with E-state index < -0.39 is 39.3 Å². The van der Waals surface area contributed by atoms with Crippen LogP contribution in [-0.2, 0) is 16.2 Å². The molecule has 2 aliphatic rings. The summed E-state index contributed by atoms with van der Waals surface area (Å²) < 4.78 is 92.3. The van der Waals surface area contributed by atoms with Gasteiger partial charge in [0.15, 0.2) is 0 Å². The van der Waals surface area contributed by atoms with E-state index in [1.165, 1.54) is 4.31 Å². The number of hydrogen-bond donors (Lipinski definition) is 1. The Morgan fingerprint density at radius 1 is 1.00 bits per heavy atom. The lowest BCUT2D eigenvalue weighted by atomic mass is 10.1. The zero-order valence-electron chi connectivity index (χ0n) is 17.1. The number of benzene rings is 2. The molecule has 0 saturated carbocycles. The van der Waals surface area contributed by atoms with E-state index in [-0.39, 0.29) is 35.6 Å². The van der Waals surface area contributed by atoms with Crippen molar-refractivity contribution >= 4 is 15.9 Å². The summed E-state index contributed by atoms with van der Waals surface area (Å²) in [5.41, 5.74) is -1.22. The van der Waals surface area contributed by atoms with Crippen LogP contribution in [0.4, 0.5) is 22.0 Å². The Balaban J connectivity index is 1.41. The number of carbonyl (C=O) groups is 1. The third-order valence-electron chi connectivity index (χ3n) is 5.91. The maximum Gasteiger partial charge on any atom is 0.416 e. The summed E-state index contributed by atoms with van der Waals surface area (Å²) in [7, 11) is -3.99. The van der Waals surface area contributed by atoms with E-state index in [2.05, 4.69) is 5.32 Å². The van der Waals surface area contributed by atoms with E-state index in [0.29, 0.717) is 25.6 Å². The summed E-state index contributed by atoms with van der Waals surface area (Å²) >= 11 is 0. The van der Waals surface area contributed by atoms with Crippen LogP contribution in [0.1, 0.15) is 22.3 Å². The predicted octanol–water partition coefficient (Wildman–Crippen LogP) is 2.86. The molecule has 0 bridgehead atoms. The van der Waals surface area contributed by atoms with Crippen molar-refractivity contribution in [3.63, 3.8) is 0 Å². The van der Waals surface area contributed by atoms with Crippen molar-refractivity contribution in [1.82, 2.24) is 14.5 Å². The average Bonchev–Trinajstić information content (AvgIpc) is 3.14. The van der Waals surface area contributed by atoms with Crippen molar-refractivity contribution in [2.75, 3.05) is 26.2 Å². The average molecular weight is 489 g/mol. The maximum absolute atomic E-state index is 13.9. The smallest absolute Gasteiger partial charge is 0.348 e. The van der Waals surface area contributed by atoms with Crippen LogP contribution in [0.3, 0.4) is 0 Å². The largest absolute Gasteiger partial charge is 0.416 e. The molecule has 1 N–H and O–H groups in total.